The fourth-order valence-corrected chi connectivity index (χ4v) is 4.21. The smallest absolute Gasteiger partial charge is 0.252 e. The van der Waals surface area contributed by atoms with Crippen molar-refractivity contribution in [1.82, 2.24) is 9.62 Å². The maximum atomic E-state index is 12.2. The first-order valence-corrected chi connectivity index (χ1v) is 11.2. The summed E-state index contributed by atoms with van der Waals surface area (Å²) in [7, 11) is -6.75. The Morgan fingerprint density at radius 1 is 1.12 bits per heavy atom. The molecule has 0 atom stereocenters. The Hall–Kier alpha value is -1.45. The maximum Gasteiger partial charge on any atom is 0.252 e. The highest BCUT2D eigenvalue weighted by Gasteiger charge is 2.20. The van der Waals surface area contributed by atoms with E-state index in [9.17, 15) is 21.6 Å². The van der Waals surface area contributed by atoms with E-state index < -0.39 is 25.8 Å². The lowest BCUT2D eigenvalue weighted by Crippen LogP contribution is -2.33. The van der Waals surface area contributed by atoms with E-state index in [-0.39, 0.29) is 22.8 Å². The molecular weight excluding hydrogens is 352 g/mol. The molecule has 0 spiro atoms. The zero-order valence-corrected chi connectivity index (χ0v) is 15.8. The molecule has 0 aliphatic heterocycles. The van der Waals surface area contributed by atoms with Crippen LogP contribution in [0.1, 0.15) is 30.6 Å². The van der Waals surface area contributed by atoms with E-state index in [1.807, 2.05) is 0 Å². The van der Waals surface area contributed by atoms with Gasteiger partial charge in [-0.25, -0.2) is 21.1 Å². The summed E-state index contributed by atoms with van der Waals surface area (Å²) in [5.41, 5.74) is 0.106. The molecule has 0 unspecified atom stereocenters. The van der Waals surface area contributed by atoms with Gasteiger partial charge in [0.25, 0.3) is 5.91 Å². The average Bonchev–Trinajstić information content (AvgIpc) is 2.53. The number of sulfonamides is 1. The van der Waals surface area contributed by atoms with Gasteiger partial charge in [0.05, 0.1) is 22.5 Å². The molecule has 1 aromatic rings. The number of amides is 1. The summed E-state index contributed by atoms with van der Waals surface area (Å²) < 4.78 is 48.3. The lowest BCUT2D eigenvalue weighted by atomic mass is 10.2. The molecule has 0 saturated carbocycles. The highest BCUT2D eigenvalue weighted by Crippen LogP contribution is 2.16. The van der Waals surface area contributed by atoms with Gasteiger partial charge in [-0.3, -0.25) is 4.79 Å². The van der Waals surface area contributed by atoms with Gasteiger partial charge >= 0.3 is 0 Å². The molecule has 0 heterocycles. The van der Waals surface area contributed by atoms with Gasteiger partial charge in [-0.2, -0.15) is 0 Å². The molecular formula is C15H24N2O5S2. The summed E-state index contributed by atoms with van der Waals surface area (Å²) in [6.45, 7) is 4.18. The zero-order chi connectivity index (χ0) is 18.4. The van der Waals surface area contributed by atoms with Crippen molar-refractivity contribution < 1.29 is 21.6 Å². The van der Waals surface area contributed by atoms with E-state index in [0.29, 0.717) is 19.5 Å². The molecule has 1 N–H and O–H groups in total. The number of nitrogens with zero attached hydrogens (tertiary/aromatic N) is 1. The molecule has 136 valence electrons. The van der Waals surface area contributed by atoms with Gasteiger partial charge in [-0.1, -0.05) is 26.0 Å². The number of hydrogen-bond acceptors (Lipinski definition) is 5. The topological polar surface area (TPSA) is 101 Å². The van der Waals surface area contributed by atoms with Gasteiger partial charge in [0.2, 0.25) is 10.0 Å². The number of hydrogen-bond donors (Lipinski definition) is 1. The van der Waals surface area contributed by atoms with Crippen LogP contribution in [-0.4, -0.2) is 58.7 Å². The first-order valence-electron chi connectivity index (χ1n) is 7.68. The van der Waals surface area contributed by atoms with Crippen molar-refractivity contribution in [3.05, 3.63) is 29.8 Å². The third-order valence-electron chi connectivity index (χ3n) is 3.54. The van der Waals surface area contributed by atoms with Gasteiger partial charge in [-0.15, -0.1) is 0 Å². The second-order valence-corrected chi connectivity index (χ2v) is 9.49. The van der Waals surface area contributed by atoms with E-state index in [0.717, 1.165) is 6.26 Å². The summed E-state index contributed by atoms with van der Waals surface area (Å²) >= 11 is 0. The van der Waals surface area contributed by atoms with Gasteiger partial charge in [0.1, 0.15) is 0 Å². The van der Waals surface area contributed by atoms with Crippen molar-refractivity contribution in [3.63, 3.8) is 0 Å². The van der Waals surface area contributed by atoms with Gasteiger partial charge in [0, 0.05) is 19.6 Å². The molecule has 0 aliphatic rings. The Morgan fingerprint density at radius 2 is 1.75 bits per heavy atom. The SMILES string of the molecule is CCN(CCCNC(=O)c1ccccc1S(=O)(=O)CC)S(C)(=O)=O. The van der Waals surface area contributed by atoms with Gasteiger partial charge in [0.15, 0.2) is 9.84 Å². The lowest BCUT2D eigenvalue weighted by Gasteiger charge is -2.17. The Kier molecular flexibility index (Phi) is 7.37. The van der Waals surface area contributed by atoms with E-state index in [1.165, 1.54) is 23.4 Å². The first kappa shape index (κ1) is 20.6. The van der Waals surface area contributed by atoms with E-state index in [2.05, 4.69) is 5.32 Å². The van der Waals surface area contributed by atoms with Crippen molar-refractivity contribution in [1.29, 1.82) is 0 Å². The lowest BCUT2D eigenvalue weighted by molar-refractivity contribution is 0.0949. The normalized spacial score (nSPS) is 12.3. The number of nitrogens with one attached hydrogen (secondary N) is 1. The minimum absolute atomic E-state index is 0.0105. The third kappa shape index (κ3) is 5.57. The Bertz CT molecular complexity index is 773. The molecule has 0 aliphatic carbocycles. The number of carbonyl (C=O) groups is 1. The standard InChI is InChI=1S/C15H24N2O5S2/c1-4-17(23(3,19)20)12-8-11-16-15(18)13-9-6-7-10-14(13)24(21,22)5-2/h6-7,9-10H,4-5,8,11-12H2,1-3H3,(H,16,18). The Balaban J connectivity index is 2.71. The molecule has 0 bridgehead atoms. The summed E-state index contributed by atoms with van der Waals surface area (Å²) in [5.74, 6) is -0.568. The largest absolute Gasteiger partial charge is 0.352 e. The minimum Gasteiger partial charge on any atom is -0.352 e. The highest BCUT2D eigenvalue weighted by molar-refractivity contribution is 7.91. The molecule has 1 rings (SSSR count). The third-order valence-corrected chi connectivity index (χ3v) is 6.70. The van der Waals surface area contributed by atoms with Crippen LogP contribution < -0.4 is 5.32 Å². The van der Waals surface area contributed by atoms with Gasteiger partial charge < -0.3 is 5.32 Å². The van der Waals surface area contributed by atoms with E-state index in [1.54, 1.807) is 19.1 Å². The highest BCUT2D eigenvalue weighted by atomic mass is 32.2. The van der Waals surface area contributed by atoms with Crippen molar-refractivity contribution in [2.45, 2.75) is 25.2 Å². The molecule has 7 nitrogen and oxygen atoms in total. The van der Waals surface area contributed by atoms with Crippen LogP contribution in [0.3, 0.4) is 0 Å². The molecule has 1 amide bonds. The monoisotopic (exact) mass is 376 g/mol. The maximum absolute atomic E-state index is 12.2. The average molecular weight is 377 g/mol. The summed E-state index contributed by atoms with van der Waals surface area (Å²) in [6.07, 6.45) is 1.58. The number of carbonyl (C=O) groups excluding carboxylic acids is 1. The number of rotatable bonds is 9. The molecule has 0 fully saturated rings. The van der Waals surface area contributed by atoms with Crippen molar-refractivity contribution in [2.75, 3.05) is 31.6 Å². The van der Waals surface area contributed by atoms with E-state index >= 15 is 0 Å². The second-order valence-electron chi connectivity index (χ2n) is 5.26. The molecule has 9 heteroatoms. The quantitative estimate of drug-likeness (QED) is 0.645. The van der Waals surface area contributed by atoms with Crippen molar-refractivity contribution in [3.8, 4) is 0 Å². The molecule has 24 heavy (non-hydrogen) atoms. The van der Waals surface area contributed by atoms with Crippen molar-refractivity contribution >= 4 is 25.8 Å². The predicted molar refractivity (Wildman–Crippen MR) is 93.2 cm³/mol. The summed E-state index contributed by atoms with van der Waals surface area (Å²) in [6, 6.07) is 6.06. The molecule has 0 radical (unpaired) electrons. The molecule has 0 aromatic heterocycles. The fraction of sp³-hybridized carbons (Fsp3) is 0.533. The number of sulfone groups is 1. The Labute approximate surface area is 144 Å². The minimum atomic E-state index is -3.49. The van der Waals surface area contributed by atoms with Crippen LogP contribution >= 0.6 is 0 Å². The summed E-state index contributed by atoms with van der Waals surface area (Å²) in [4.78, 5) is 12.2. The van der Waals surface area contributed by atoms with Crippen LogP contribution in [0.4, 0.5) is 0 Å². The van der Waals surface area contributed by atoms with Crippen LogP contribution in [0.5, 0.6) is 0 Å². The van der Waals surface area contributed by atoms with Crippen LogP contribution in [0.15, 0.2) is 29.2 Å². The van der Waals surface area contributed by atoms with Crippen LogP contribution in [0, 0.1) is 0 Å². The second kappa shape index (κ2) is 8.59. The van der Waals surface area contributed by atoms with Gasteiger partial charge in [-0.05, 0) is 18.6 Å². The summed E-state index contributed by atoms with van der Waals surface area (Å²) in [5, 5.41) is 2.64. The van der Waals surface area contributed by atoms with Crippen LogP contribution in [0.25, 0.3) is 0 Å². The van der Waals surface area contributed by atoms with Crippen LogP contribution in [-0.2, 0) is 19.9 Å². The van der Waals surface area contributed by atoms with Crippen LogP contribution in [0.2, 0.25) is 0 Å². The molecule has 1 aromatic carbocycles. The zero-order valence-electron chi connectivity index (χ0n) is 14.1. The number of benzene rings is 1. The fourth-order valence-electron chi connectivity index (χ4n) is 2.19. The van der Waals surface area contributed by atoms with Crippen molar-refractivity contribution in [2.24, 2.45) is 0 Å². The predicted octanol–water partition coefficient (Wildman–Crippen LogP) is 0.882. The van der Waals surface area contributed by atoms with E-state index in [4.69, 9.17) is 0 Å². The first-order chi connectivity index (χ1) is 11.1. The Morgan fingerprint density at radius 3 is 2.29 bits per heavy atom. The molecule has 0 saturated heterocycles.